The van der Waals surface area contributed by atoms with Crippen LogP contribution in [-0.2, 0) is 4.79 Å². The smallest absolute Gasteiger partial charge is 0.382 e. The van der Waals surface area contributed by atoms with Crippen LogP contribution < -0.4 is 5.32 Å². The number of hydrogen-bond acceptors (Lipinski definition) is 3. The number of alkyl halides is 3. The number of rotatable bonds is 6. The Balaban J connectivity index is 2.51. The molecule has 1 rings (SSSR count). The van der Waals surface area contributed by atoms with Gasteiger partial charge in [-0.1, -0.05) is 29.8 Å². The summed E-state index contributed by atoms with van der Waals surface area (Å²) in [4.78, 5) is 12.9. The number of nitrogens with one attached hydrogen (secondary N) is 1. The van der Waals surface area contributed by atoms with Crippen LogP contribution in [0.5, 0.6) is 0 Å². The highest BCUT2D eigenvalue weighted by Crippen LogP contribution is 2.22. The number of amides is 1. The number of likely N-dealkylation sites (N-methyl/N-ethyl adjacent to an activating group) is 1. The summed E-state index contributed by atoms with van der Waals surface area (Å²) in [5.41, 5.74) is 0.718. The lowest BCUT2D eigenvalue weighted by Gasteiger charge is -2.23. The van der Waals surface area contributed by atoms with Gasteiger partial charge in [-0.15, -0.1) is 0 Å². The molecular weight excluding hydrogens is 321 g/mol. The van der Waals surface area contributed by atoms with Crippen molar-refractivity contribution in [1.29, 1.82) is 0 Å². The fraction of sp³-hybridized carbons (Fsp3) is 0.500. The molecule has 0 aliphatic heterocycles. The van der Waals surface area contributed by atoms with Crippen molar-refractivity contribution in [2.45, 2.75) is 25.2 Å². The number of halogens is 4. The highest BCUT2D eigenvalue weighted by atomic mass is 35.5. The van der Waals surface area contributed by atoms with Crippen molar-refractivity contribution in [3.05, 3.63) is 34.9 Å². The van der Waals surface area contributed by atoms with E-state index in [0.29, 0.717) is 5.02 Å². The minimum absolute atomic E-state index is 0.262. The first-order chi connectivity index (χ1) is 10.1. The normalized spacial score (nSPS) is 14.7. The van der Waals surface area contributed by atoms with E-state index in [1.807, 2.05) is 0 Å². The summed E-state index contributed by atoms with van der Waals surface area (Å²) in [5, 5.41) is 12.1. The molecule has 0 heterocycles. The first-order valence-corrected chi connectivity index (χ1v) is 6.96. The van der Waals surface area contributed by atoms with Crippen LogP contribution in [0.4, 0.5) is 13.2 Å². The number of nitrogens with zero attached hydrogens (tertiary/aromatic N) is 1. The number of hydrogen-bond donors (Lipinski definition) is 2. The maximum atomic E-state index is 12.2. The van der Waals surface area contributed by atoms with Crippen LogP contribution >= 0.6 is 11.6 Å². The molecule has 1 aromatic carbocycles. The Kier molecular flexibility index (Phi) is 6.65. The zero-order valence-electron chi connectivity index (χ0n) is 12.2. The van der Waals surface area contributed by atoms with Crippen LogP contribution in [0.15, 0.2) is 24.3 Å². The largest absolute Gasteiger partial charge is 0.415 e. The lowest BCUT2D eigenvalue weighted by molar-refractivity contribution is -0.207. The minimum Gasteiger partial charge on any atom is -0.382 e. The molecule has 0 aliphatic rings. The topological polar surface area (TPSA) is 52.6 Å². The van der Waals surface area contributed by atoms with Crippen LogP contribution in [0, 0.1) is 0 Å². The Labute approximate surface area is 131 Å². The lowest BCUT2D eigenvalue weighted by Crippen LogP contribution is -2.43. The molecule has 0 fully saturated rings. The van der Waals surface area contributed by atoms with Gasteiger partial charge < -0.3 is 10.4 Å². The third-order valence-electron chi connectivity index (χ3n) is 3.03. The Morgan fingerprint density at radius 3 is 2.55 bits per heavy atom. The second-order valence-electron chi connectivity index (χ2n) is 5.06. The van der Waals surface area contributed by atoms with Gasteiger partial charge in [-0.05, 0) is 25.6 Å². The summed E-state index contributed by atoms with van der Waals surface area (Å²) < 4.78 is 36.7. The molecule has 0 spiro atoms. The predicted molar refractivity (Wildman–Crippen MR) is 77.6 cm³/mol. The average Bonchev–Trinajstić information content (AvgIpc) is 2.37. The molecule has 0 radical (unpaired) electrons. The molecule has 22 heavy (non-hydrogen) atoms. The van der Waals surface area contributed by atoms with Gasteiger partial charge in [-0.2, -0.15) is 13.2 Å². The lowest BCUT2D eigenvalue weighted by atomic mass is 10.1. The monoisotopic (exact) mass is 338 g/mol. The van der Waals surface area contributed by atoms with Gasteiger partial charge in [-0.3, -0.25) is 9.69 Å². The van der Waals surface area contributed by atoms with Crippen LogP contribution in [0.1, 0.15) is 18.5 Å². The highest BCUT2D eigenvalue weighted by molar-refractivity contribution is 6.31. The zero-order chi connectivity index (χ0) is 16.9. The van der Waals surface area contributed by atoms with Gasteiger partial charge in [0.05, 0.1) is 12.6 Å². The second kappa shape index (κ2) is 7.80. The van der Waals surface area contributed by atoms with Crippen LogP contribution in [0.25, 0.3) is 0 Å². The summed E-state index contributed by atoms with van der Waals surface area (Å²) in [6.45, 7) is 0.795. The fourth-order valence-electron chi connectivity index (χ4n) is 1.90. The van der Waals surface area contributed by atoms with E-state index >= 15 is 0 Å². The molecule has 1 aromatic rings. The van der Waals surface area contributed by atoms with E-state index in [1.54, 1.807) is 31.2 Å². The van der Waals surface area contributed by atoms with Crippen molar-refractivity contribution >= 4 is 17.5 Å². The summed E-state index contributed by atoms with van der Waals surface area (Å²) >= 11 is 6.01. The third kappa shape index (κ3) is 5.82. The Morgan fingerprint density at radius 2 is 2.00 bits per heavy atom. The first kappa shape index (κ1) is 18.7. The zero-order valence-corrected chi connectivity index (χ0v) is 12.9. The SMILES string of the molecule is CC(NC(=O)CN(C)CC(O)C(F)(F)F)c1ccccc1Cl. The molecule has 8 heteroatoms. The molecule has 0 aliphatic carbocycles. The maximum Gasteiger partial charge on any atom is 0.415 e. The molecule has 0 aromatic heterocycles. The molecule has 2 unspecified atom stereocenters. The quantitative estimate of drug-likeness (QED) is 0.837. The average molecular weight is 339 g/mol. The number of aliphatic hydroxyl groups excluding tert-OH is 1. The van der Waals surface area contributed by atoms with Gasteiger partial charge >= 0.3 is 6.18 Å². The van der Waals surface area contributed by atoms with Crippen molar-refractivity contribution in [2.75, 3.05) is 20.1 Å². The highest BCUT2D eigenvalue weighted by Gasteiger charge is 2.38. The number of benzene rings is 1. The van der Waals surface area contributed by atoms with E-state index in [-0.39, 0.29) is 12.6 Å². The van der Waals surface area contributed by atoms with E-state index in [2.05, 4.69) is 5.32 Å². The molecular formula is C14H18ClF3N2O2. The van der Waals surface area contributed by atoms with Gasteiger partial charge in [0, 0.05) is 11.6 Å². The summed E-state index contributed by atoms with van der Waals surface area (Å²) in [7, 11) is 1.33. The van der Waals surface area contributed by atoms with E-state index in [4.69, 9.17) is 16.7 Å². The van der Waals surface area contributed by atoms with Gasteiger partial charge in [0.2, 0.25) is 5.91 Å². The molecule has 0 saturated carbocycles. The molecule has 2 N–H and O–H groups in total. The Bertz CT molecular complexity index is 511. The third-order valence-corrected chi connectivity index (χ3v) is 3.37. The van der Waals surface area contributed by atoms with E-state index in [0.717, 1.165) is 10.5 Å². The number of carbonyl (C=O) groups is 1. The number of carbonyl (C=O) groups excluding carboxylic acids is 1. The van der Waals surface area contributed by atoms with E-state index in [1.165, 1.54) is 7.05 Å². The van der Waals surface area contributed by atoms with Gasteiger partial charge in [0.25, 0.3) is 0 Å². The minimum atomic E-state index is -4.70. The van der Waals surface area contributed by atoms with Crippen LogP contribution in [0.2, 0.25) is 5.02 Å². The second-order valence-corrected chi connectivity index (χ2v) is 5.47. The summed E-state index contributed by atoms with van der Waals surface area (Å²) in [6, 6.07) is 6.60. The van der Waals surface area contributed by atoms with Crippen molar-refractivity contribution < 1.29 is 23.1 Å². The van der Waals surface area contributed by atoms with Gasteiger partial charge in [0.15, 0.2) is 6.10 Å². The first-order valence-electron chi connectivity index (χ1n) is 6.58. The summed E-state index contributed by atoms with van der Waals surface area (Å²) in [5.74, 6) is -0.454. The maximum absolute atomic E-state index is 12.2. The van der Waals surface area contributed by atoms with E-state index in [9.17, 15) is 18.0 Å². The van der Waals surface area contributed by atoms with Gasteiger partial charge in [-0.25, -0.2) is 0 Å². The predicted octanol–water partition coefficient (Wildman–Crippen LogP) is 2.37. The van der Waals surface area contributed by atoms with Crippen molar-refractivity contribution in [2.24, 2.45) is 0 Å². The van der Waals surface area contributed by atoms with Crippen molar-refractivity contribution in [1.82, 2.24) is 10.2 Å². The summed E-state index contributed by atoms with van der Waals surface area (Å²) in [6.07, 6.45) is -7.18. The van der Waals surface area contributed by atoms with Crippen LogP contribution in [0.3, 0.4) is 0 Å². The molecule has 124 valence electrons. The fourth-order valence-corrected chi connectivity index (χ4v) is 2.20. The molecule has 0 saturated heterocycles. The Morgan fingerprint density at radius 1 is 1.41 bits per heavy atom. The Hall–Kier alpha value is -1.31. The molecule has 4 nitrogen and oxygen atoms in total. The van der Waals surface area contributed by atoms with Crippen LogP contribution in [-0.4, -0.2) is 48.3 Å². The molecule has 2 atom stereocenters. The van der Waals surface area contributed by atoms with Crippen molar-refractivity contribution in [3.8, 4) is 0 Å². The van der Waals surface area contributed by atoms with E-state index < -0.39 is 24.7 Å². The molecule has 1 amide bonds. The standard InChI is InChI=1S/C14H18ClF3N2O2/c1-9(10-5-3-4-6-11(10)15)19-13(22)8-20(2)7-12(21)14(16,17)18/h3-6,9,12,21H,7-8H2,1-2H3,(H,19,22). The number of aliphatic hydroxyl groups is 1. The van der Waals surface area contributed by atoms with Gasteiger partial charge in [0.1, 0.15) is 0 Å². The van der Waals surface area contributed by atoms with Crippen molar-refractivity contribution in [3.63, 3.8) is 0 Å². The molecule has 0 bridgehead atoms.